The van der Waals surface area contributed by atoms with Gasteiger partial charge in [0.25, 0.3) is 0 Å². The average molecular weight is 371 g/mol. The Morgan fingerprint density at radius 3 is 2.09 bits per heavy atom. The first-order valence-electron chi connectivity index (χ1n) is 5.71. The summed E-state index contributed by atoms with van der Waals surface area (Å²) in [7, 11) is 0. The molecule has 0 spiro atoms. The summed E-state index contributed by atoms with van der Waals surface area (Å²) in [5, 5.41) is 25.4. The number of rotatable bonds is 5. The normalized spacial score (nSPS) is 9.30. The van der Waals surface area contributed by atoms with E-state index in [4.69, 9.17) is 39.8 Å². The Labute approximate surface area is 164 Å². The van der Waals surface area contributed by atoms with Crippen molar-refractivity contribution in [2.24, 2.45) is 21.7 Å². The Balaban J connectivity index is 0. The van der Waals surface area contributed by atoms with Crippen LogP contribution < -0.4 is 46.1 Å². The van der Waals surface area contributed by atoms with Crippen LogP contribution >= 0.6 is 23.2 Å². The molecule has 0 saturated carbocycles. The van der Waals surface area contributed by atoms with Crippen LogP contribution in [-0.2, 0) is 9.59 Å². The summed E-state index contributed by atoms with van der Waals surface area (Å²) in [5.74, 6) is -2.56. The van der Waals surface area contributed by atoms with E-state index in [9.17, 15) is 14.7 Å². The molecule has 5 N–H and O–H groups in total. The molecule has 0 atom stereocenters. The molecule has 0 aliphatic carbocycles. The van der Waals surface area contributed by atoms with Gasteiger partial charge in [-0.3, -0.25) is 4.79 Å². The van der Waals surface area contributed by atoms with Gasteiger partial charge in [0.15, 0.2) is 0 Å². The van der Waals surface area contributed by atoms with E-state index >= 15 is 0 Å². The summed E-state index contributed by atoms with van der Waals surface area (Å²) in [4.78, 5) is 19.1. The second-order valence-corrected chi connectivity index (χ2v) is 4.48. The number of carbonyl (C=O) groups excluding carboxylic acids is 1. The van der Waals surface area contributed by atoms with E-state index in [1.165, 1.54) is 6.21 Å². The van der Waals surface area contributed by atoms with E-state index < -0.39 is 18.4 Å². The van der Waals surface area contributed by atoms with Gasteiger partial charge in [0.1, 0.15) is 0 Å². The van der Waals surface area contributed by atoms with Crippen molar-refractivity contribution in [1.82, 2.24) is 0 Å². The maximum atomic E-state index is 9.61. The van der Waals surface area contributed by atoms with Crippen molar-refractivity contribution in [3.63, 3.8) is 0 Å². The maximum absolute atomic E-state index is 9.61. The third-order valence-electron chi connectivity index (χ3n) is 1.90. The molecule has 23 heavy (non-hydrogen) atoms. The van der Waals surface area contributed by atoms with Crippen LogP contribution in [0.3, 0.4) is 0 Å². The van der Waals surface area contributed by atoms with Crippen LogP contribution in [0.5, 0.6) is 0 Å². The van der Waals surface area contributed by atoms with Crippen molar-refractivity contribution in [1.29, 1.82) is 0 Å². The van der Waals surface area contributed by atoms with Crippen molar-refractivity contribution >= 4 is 47.3 Å². The van der Waals surface area contributed by atoms with Gasteiger partial charge < -0.3 is 26.5 Å². The molecule has 1 aromatic carbocycles. The summed E-state index contributed by atoms with van der Waals surface area (Å²) < 4.78 is 0. The monoisotopic (exact) mass is 370 g/mol. The zero-order valence-electron chi connectivity index (χ0n) is 12.2. The van der Waals surface area contributed by atoms with Crippen molar-refractivity contribution in [2.75, 3.05) is 0 Å². The third kappa shape index (κ3) is 12.9. The number of carboxylic acid groups (broad SMARTS) is 2. The smallest absolute Gasteiger partial charge is 0.550 e. The largest absolute Gasteiger partial charge is 1.00 e. The predicted octanol–water partition coefficient (Wildman–Crippen LogP) is -2.79. The van der Waals surface area contributed by atoms with Gasteiger partial charge in [0.05, 0.1) is 22.7 Å². The number of nitrogens with zero attached hydrogens (tertiary/aromatic N) is 2. The molecular formula is C12H13Cl2N4NaO4. The molecule has 0 fully saturated rings. The van der Waals surface area contributed by atoms with Gasteiger partial charge in [-0.15, -0.1) is 5.10 Å². The van der Waals surface area contributed by atoms with Gasteiger partial charge in [-0.25, -0.2) is 0 Å². The fourth-order valence-corrected chi connectivity index (χ4v) is 1.49. The summed E-state index contributed by atoms with van der Waals surface area (Å²) in [6.45, 7) is 0. The van der Waals surface area contributed by atoms with Crippen LogP contribution in [0.2, 0.25) is 10.0 Å². The number of guanidine groups is 1. The topological polar surface area (TPSA) is 154 Å². The fourth-order valence-electron chi connectivity index (χ4n) is 0.996. The summed E-state index contributed by atoms with van der Waals surface area (Å²) >= 11 is 11.7. The van der Waals surface area contributed by atoms with E-state index in [1.807, 2.05) is 0 Å². The molecule has 0 amide bonds. The Kier molecular flexibility index (Phi) is 13.7. The maximum Gasteiger partial charge on any atom is 1.00 e. The van der Waals surface area contributed by atoms with Gasteiger partial charge in [-0.1, -0.05) is 29.3 Å². The Bertz CT molecular complexity index is 558. The van der Waals surface area contributed by atoms with Crippen LogP contribution in [0.25, 0.3) is 0 Å². The van der Waals surface area contributed by atoms with E-state index in [-0.39, 0.29) is 41.9 Å². The Morgan fingerprint density at radius 1 is 1.22 bits per heavy atom. The van der Waals surface area contributed by atoms with E-state index in [0.29, 0.717) is 15.6 Å². The average Bonchev–Trinajstić information content (AvgIpc) is 2.40. The SMILES string of the molecule is NC(N)=N/N=C/c1c(Cl)cccc1Cl.O=C([O-])CCC(=O)O.[Na+]. The van der Waals surface area contributed by atoms with Crippen molar-refractivity contribution < 1.29 is 49.4 Å². The van der Waals surface area contributed by atoms with Crippen molar-refractivity contribution in [3.05, 3.63) is 33.8 Å². The van der Waals surface area contributed by atoms with Crippen molar-refractivity contribution in [3.8, 4) is 0 Å². The molecule has 0 aliphatic heterocycles. The Morgan fingerprint density at radius 2 is 1.74 bits per heavy atom. The molecule has 0 radical (unpaired) electrons. The number of benzene rings is 1. The minimum Gasteiger partial charge on any atom is -0.550 e. The molecule has 0 saturated heterocycles. The number of carbonyl (C=O) groups is 2. The standard InChI is InChI=1S/C8H8Cl2N4.C4H6O4.Na/c9-6-2-1-3-7(10)5(6)4-13-14-8(11)12;5-3(6)1-2-4(7)8;/h1-4H,(H4,11,12,14);1-2H2,(H,5,6)(H,7,8);/q;;+1/p-1/b13-4+;;. The number of nitrogens with two attached hydrogens (primary N) is 2. The second kappa shape index (κ2) is 13.1. The molecule has 0 aliphatic rings. The van der Waals surface area contributed by atoms with Crippen LogP contribution in [0, 0.1) is 0 Å². The van der Waals surface area contributed by atoms with Gasteiger partial charge in [-0.2, -0.15) is 5.10 Å². The predicted molar refractivity (Wildman–Crippen MR) is 81.7 cm³/mol. The molecule has 0 aromatic heterocycles. The number of hydrogen-bond donors (Lipinski definition) is 3. The van der Waals surface area contributed by atoms with Crippen LogP contribution in [-0.4, -0.2) is 29.2 Å². The molecule has 1 aromatic rings. The summed E-state index contributed by atoms with van der Waals surface area (Å²) in [6, 6.07) is 5.14. The van der Waals surface area contributed by atoms with E-state index in [1.54, 1.807) is 18.2 Å². The van der Waals surface area contributed by atoms with Crippen LogP contribution in [0.15, 0.2) is 28.4 Å². The molecule has 1 rings (SSSR count). The molecule has 0 bridgehead atoms. The summed E-state index contributed by atoms with van der Waals surface area (Å²) in [6.07, 6.45) is 0.627. The van der Waals surface area contributed by atoms with Crippen LogP contribution in [0.4, 0.5) is 0 Å². The van der Waals surface area contributed by atoms with Crippen molar-refractivity contribution in [2.45, 2.75) is 12.8 Å². The number of halogens is 2. The number of hydrogen-bond acceptors (Lipinski definition) is 5. The molecule has 11 heteroatoms. The molecule has 120 valence electrons. The quantitative estimate of drug-likeness (QED) is 0.220. The second-order valence-electron chi connectivity index (χ2n) is 3.67. The first kappa shape index (κ1) is 23.9. The third-order valence-corrected chi connectivity index (χ3v) is 2.56. The minimum atomic E-state index is -1.33. The fraction of sp³-hybridized carbons (Fsp3) is 0.167. The zero-order chi connectivity index (χ0) is 17.1. The van der Waals surface area contributed by atoms with E-state index in [0.717, 1.165) is 0 Å². The molecule has 0 unspecified atom stereocenters. The van der Waals surface area contributed by atoms with Gasteiger partial charge >= 0.3 is 35.5 Å². The summed E-state index contributed by atoms with van der Waals surface area (Å²) in [5.41, 5.74) is 10.7. The molecular weight excluding hydrogens is 358 g/mol. The first-order chi connectivity index (χ1) is 10.2. The van der Waals surface area contributed by atoms with Gasteiger partial charge in [0.2, 0.25) is 5.96 Å². The van der Waals surface area contributed by atoms with Gasteiger partial charge in [-0.05, 0) is 18.6 Å². The first-order valence-corrected chi connectivity index (χ1v) is 6.47. The Hall–Kier alpha value is -1.32. The zero-order valence-corrected chi connectivity index (χ0v) is 15.7. The minimum absolute atomic E-state index is 0. The molecule has 8 nitrogen and oxygen atoms in total. The molecule has 0 heterocycles. The van der Waals surface area contributed by atoms with Gasteiger partial charge in [0, 0.05) is 11.5 Å². The van der Waals surface area contributed by atoms with Crippen LogP contribution in [0.1, 0.15) is 18.4 Å². The number of aliphatic carboxylic acids is 2. The van der Waals surface area contributed by atoms with E-state index in [2.05, 4.69) is 10.2 Å². The number of carboxylic acids is 2.